The molecule has 24 heavy (non-hydrogen) atoms. The summed E-state index contributed by atoms with van der Waals surface area (Å²) in [4.78, 5) is 11.6. The van der Waals surface area contributed by atoms with E-state index in [0.29, 0.717) is 6.61 Å². The molecule has 0 aliphatic carbocycles. The van der Waals surface area contributed by atoms with E-state index in [-0.39, 0.29) is 12.5 Å². The number of hydrogen-bond donors (Lipinski definition) is 2. The van der Waals surface area contributed by atoms with E-state index in [1.807, 2.05) is 42.5 Å². The number of nitrogens with one attached hydrogen (secondary N) is 2. The van der Waals surface area contributed by atoms with E-state index in [9.17, 15) is 4.79 Å². The van der Waals surface area contributed by atoms with E-state index >= 15 is 0 Å². The molecule has 0 spiro atoms. The predicted octanol–water partition coefficient (Wildman–Crippen LogP) is 3.64. The van der Waals surface area contributed by atoms with E-state index in [4.69, 9.17) is 4.74 Å². The SMILES string of the molecule is CCCCNC(=O)CNc1ccc(OCCc2ccccc2)cc1. The van der Waals surface area contributed by atoms with Crippen molar-refractivity contribution < 1.29 is 9.53 Å². The van der Waals surface area contributed by atoms with Crippen LogP contribution in [-0.4, -0.2) is 25.6 Å². The lowest BCUT2D eigenvalue weighted by Crippen LogP contribution is -2.30. The fourth-order valence-corrected chi connectivity index (χ4v) is 2.25. The topological polar surface area (TPSA) is 50.4 Å². The van der Waals surface area contributed by atoms with E-state index in [1.54, 1.807) is 0 Å². The van der Waals surface area contributed by atoms with Crippen molar-refractivity contribution >= 4 is 11.6 Å². The van der Waals surface area contributed by atoms with Crippen molar-refractivity contribution in [2.24, 2.45) is 0 Å². The highest BCUT2D eigenvalue weighted by Gasteiger charge is 2.01. The number of hydrogen-bond acceptors (Lipinski definition) is 3. The largest absolute Gasteiger partial charge is 0.493 e. The third kappa shape index (κ3) is 6.73. The first-order valence-electron chi connectivity index (χ1n) is 8.55. The van der Waals surface area contributed by atoms with Gasteiger partial charge < -0.3 is 15.4 Å². The number of ether oxygens (including phenoxy) is 1. The van der Waals surface area contributed by atoms with Crippen LogP contribution in [0.2, 0.25) is 0 Å². The zero-order valence-corrected chi connectivity index (χ0v) is 14.3. The molecular weight excluding hydrogens is 300 g/mol. The molecule has 2 aromatic rings. The van der Waals surface area contributed by atoms with E-state index in [0.717, 1.165) is 37.2 Å². The number of benzene rings is 2. The van der Waals surface area contributed by atoms with Crippen LogP contribution < -0.4 is 15.4 Å². The predicted molar refractivity (Wildman–Crippen MR) is 98.5 cm³/mol. The highest BCUT2D eigenvalue weighted by Crippen LogP contribution is 2.15. The number of carbonyl (C=O) groups excluding carboxylic acids is 1. The molecule has 0 heterocycles. The van der Waals surface area contributed by atoms with Gasteiger partial charge in [-0.15, -0.1) is 0 Å². The van der Waals surface area contributed by atoms with Crippen LogP contribution in [0, 0.1) is 0 Å². The molecule has 0 bridgehead atoms. The van der Waals surface area contributed by atoms with Crippen molar-refractivity contribution in [2.45, 2.75) is 26.2 Å². The van der Waals surface area contributed by atoms with Gasteiger partial charge in [-0.2, -0.15) is 0 Å². The maximum atomic E-state index is 11.6. The normalized spacial score (nSPS) is 10.2. The second-order valence-corrected chi connectivity index (χ2v) is 5.67. The summed E-state index contributed by atoms with van der Waals surface area (Å²) < 4.78 is 5.75. The third-order valence-corrected chi connectivity index (χ3v) is 3.66. The van der Waals surface area contributed by atoms with Gasteiger partial charge in [0.1, 0.15) is 5.75 Å². The molecule has 0 fully saturated rings. The Balaban J connectivity index is 1.67. The first kappa shape index (κ1) is 17.9. The lowest BCUT2D eigenvalue weighted by Gasteiger charge is -2.09. The lowest BCUT2D eigenvalue weighted by molar-refractivity contribution is -0.119. The van der Waals surface area contributed by atoms with Gasteiger partial charge in [0.15, 0.2) is 0 Å². The van der Waals surface area contributed by atoms with Gasteiger partial charge in [-0.05, 0) is 36.2 Å². The number of amides is 1. The summed E-state index contributed by atoms with van der Waals surface area (Å²) in [5.74, 6) is 0.857. The Kier molecular flexibility index (Phi) is 7.68. The zero-order chi connectivity index (χ0) is 17.0. The number of carbonyl (C=O) groups is 1. The van der Waals surface area contributed by atoms with Crippen molar-refractivity contribution in [1.29, 1.82) is 0 Å². The molecule has 0 saturated heterocycles. The van der Waals surface area contributed by atoms with Crippen LogP contribution in [0.1, 0.15) is 25.3 Å². The van der Waals surface area contributed by atoms with Crippen LogP contribution in [0.5, 0.6) is 5.75 Å². The van der Waals surface area contributed by atoms with Crippen LogP contribution in [0.3, 0.4) is 0 Å². The maximum absolute atomic E-state index is 11.6. The van der Waals surface area contributed by atoms with Crippen LogP contribution in [0.25, 0.3) is 0 Å². The summed E-state index contributed by atoms with van der Waals surface area (Å²) in [6, 6.07) is 18.0. The van der Waals surface area contributed by atoms with E-state index < -0.39 is 0 Å². The summed E-state index contributed by atoms with van der Waals surface area (Å²) in [5.41, 5.74) is 2.18. The molecular formula is C20H26N2O2. The van der Waals surface area contributed by atoms with E-state index in [2.05, 4.69) is 29.7 Å². The molecule has 0 aromatic heterocycles. The molecule has 2 N–H and O–H groups in total. The molecule has 1 amide bonds. The average molecular weight is 326 g/mol. The van der Waals surface area contributed by atoms with Gasteiger partial charge in [-0.25, -0.2) is 0 Å². The molecule has 2 aromatic carbocycles. The number of unbranched alkanes of at least 4 members (excludes halogenated alkanes) is 1. The van der Waals surface area contributed by atoms with Crippen LogP contribution in [-0.2, 0) is 11.2 Å². The Bertz CT molecular complexity index is 597. The molecule has 4 nitrogen and oxygen atoms in total. The Hall–Kier alpha value is -2.49. The molecule has 0 unspecified atom stereocenters. The van der Waals surface area contributed by atoms with Crippen LogP contribution in [0.15, 0.2) is 54.6 Å². The summed E-state index contributed by atoms with van der Waals surface area (Å²) in [5, 5.41) is 6.00. The fourth-order valence-electron chi connectivity index (χ4n) is 2.25. The third-order valence-electron chi connectivity index (χ3n) is 3.66. The minimum atomic E-state index is 0.0200. The van der Waals surface area contributed by atoms with Gasteiger partial charge in [0.2, 0.25) is 5.91 Å². The monoisotopic (exact) mass is 326 g/mol. The van der Waals surface area contributed by atoms with Gasteiger partial charge in [0.25, 0.3) is 0 Å². The summed E-state index contributed by atoms with van der Waals surface area (Å²) in [6.45, 7) is 3.79. The maximum Gasteiger partial charge on any atom is 0.239 e. The Morgan fingerprint density at radius 2 is 1.79 bits per heavy atom. The van der Waals surface area contributed by atoms with Gasteiger partial charge in [-0.1, -0.05) is 43.7 Å². The first-order chi connectivity index (χ1) is 11.8. The Morgan fingerprint density at radius 3 is 2.50 bits per heavy atom. The van der Waals surface area contributed by atoms with Gasteiger partial charge in [0, 0.05) is 18.7 Å². The van der Waals surface area contributed by atoms with Gasteiger partial charge in [0.05, 0.1) is 13.2 Å². The molecule has 0 aliphatic heterocycles. The van der Waals surface area contributed by atoms with Crippen LogP contribution >= 0.6 is 0 Å². The second kappa shape index (κ2) is 10.3. The molecule has 0 saturated carbocycles. The van der Waals surface area contributed by atoms with Crippen molar-refractivity contribution in [1.82, 2.24) is 5.32 Å². The minimum absolute atomic E-state index is 0.0200. The van der Waals surface area contributed by atoms with Crippen molar-refractivity contribution in [2.75, 3.05) is 25.0 Å². The summed E-state index contributed by atoms with van der Waals surface area (Å²) >= 11 is 0. The van der Waals surface area contributed by atoms with Gasteiger partial charge >= 0.3 is 0 Å². The van der Waals surface area contributed by atoms with Crippen molar-refractivity contribution in [3.8, 4) is 5.75 Å². The number of anilines is 1. The lowest BCUT2D eigenvalue weighted by atomic mass is 10.2. The smallest absolute Gasteiger partial charge is 0.239 e. The Morgan fingerprint density at radius 1 is 1.04 bits per heavy atom. The van der Waals surface area contributed by atoms with Crippen molar-refractivity contribution in [3.05, 3.63) is 60.2 Å². The average Bonchev–Trinajstić information content (AvgIpc) is 2.62. The minimum Gasteiger partial charge on any atom is -0.493 e. The zero-order valence-electron chi connectivity index (χ0n) is 14.3. The van der Waals surface area contributed by atoms with E-state index in [1.165, 1.54) is 5.56 Å². The standard InChI is InChI=1S/C20H26N2O2/c1-2-3-14-21-20(23)16-22-18-9-11-19(12-10-18)24-15-13-17-7-5-4-6-8-17/h4-12,22H,2-3,13-16H2,1H3,(H,21,23). The number of rotatable bonds is 10. The van der Waals surface area contributed by atoms with Crippen LogP contribution in [0.4, 0.5) is 5.69 Å². The molecule has 0 atom stereocenters. The molecule has 0 aliphatic rings. The molecule has 0 radical (unpaired) electrons. The quantitative estimate of drug-likeness (QED) is 0.656. The molecule has 2 rings (SSSR count). The van der Waals surface area contributed by atoms with Crippen molar-refractivity contribution in [3.63, 3.8) is 0 Å². The molecule has 4 heteroatoms. The fraction of sp³-hybridized carbons (Fsp3) is 0.350. The summed E-state index contributed by atoms with van der Waals surface area (Å²) in [7, 11) is 0. The molecule has 128 valence electrons. The highest BCUT2D eigenvalue weighted by molar-refractivity contribution is 5.80. The highest BCUT2D eigenvalue weighted by atomic mass is 16.5. The first-order valence-corrected chi connectivity index (χ1v) is 8.55. The van der Waals surface area contributed by atoms with Gasteiger partial charge in [-0.3, -0.25) is 4.79 Å². The summed E-state index contributed by atoms with van der Waals surface area (Å²) in [6.07, 6.45) is 2.99. The second-order valence-electron chi connectivity index (χ2n) is 5.67. The Labute approximate surface area is 144 Å².